The minimum Gasteiger partial charge on any atom is -0.391 e. The fraction of sp³-hybridized carbons (Fsp3) is 0.280. The van der Waals surface area contributed by atoms with Crippen molar-refractivity contribution >= 4 is 11.8 Å². The summed E-state index contributed by atoms with van der Waals surface area (Å²) in [6.45, 7) is 3.46. The molecule has 0 saturated carbocycles. The SMILES string of the molecule is C.C[C@@H](O)[C@H](NC(=O)c1ccc(C#CC#Cc2ccc(CNCCN)cc2)cc1)C(=O)NO. The Morgan fingerprint density at radius 1 is 1.00 bits per heavy atom. The number of benzene rings is 2. The molecule has 0 heterocycles. The van der Waals surface area contributed by atoms with Gasteiger partial charge in [-0.25, -0.2) is 5.48 Å². The summed E-state index contributed by atoms with van der Waals surface area (Å²) in [5, 5.41) is 23.9. The fourth-order valence-corrected chi connectivity index (χ4v) is 2.65. The average Bonchev–Trinajstić information content (AvgIpc) is 2.81. The lowest BCUT2D eigenvalue weighted by Crippen LogP contribution is -2.51. The minimum absolute atomic E-state index is 0. The highest BCUT2D eigenvalue weighted by atomic mass is 16.5. The summed E-state index contributed by atoms with van der Waals surface area (Å²) >= 11 is 0. The summed E-state index contributed by atoms with van der Waals surface area (Å²) in [5.41, 5.74) is 9.81. The molecule has 0 spiro atoms. The van der Waals surface area contributed by atoms with E-state index in [4.69, 9.17) is 10.9 Å². The predicted octanol–water partition coefficient (Wildman–Crippen LogP) is 0.759. The van der Waals surface area contributed by atoms with Crippen molar-refractivity contribution in [3.63, 3.8) is 0 Å². The largest absolute Gasteiger partial charge is 0.391 e. The maximum atomic E-state index is 12.3. The lowest BCUT2D eigenvalue weighted by Gasteiger charge is -2.19. The summed E-state index contributed by atoms with van der Waals surface area (Å²) in [6.07, 6.45) is -1.18. The number of carbonyl (C=O) groups is 2. The second-order valence-corrected chi connectivity index (χ2v) is 6.91. The second kappa shape index (κ2) is 14.4. The van der Waals surface area contributed by atoms with Crippen LogP contribution in [0.25, 0.3) is 0 Å². The van der Waals surface area contributed by atoms with Gasteiger partial charge in [0.05, 0.1) is 6.10 Å². The van der Waals surface area contributed by atoms with Gasteiger partial charge in [-0.15, -0.1) is 0 Å². The first-order chi connectivity index (χ1) is 15.4. The average molecular weight is 451 g/mol. The number of aliphatic hydroxyl groups excluding tert-OH is 1. The zero-order chi connectivity index (χ0) is 23.3. The molecular weight excluding hydrogens is 420 g/mol. The summed E-state index contributed by atoms with van der Waals surface area (Å²) in [4.78, 5) is 23.8. The first-order valence-corrected chi connectivity index (χ1v) is 9.99. The molecule has 2 rings (SSSR count). The van der Waals surface area contributed by atoms with E-state index in [-0.39, 0.29) is 13.0 Å². The monoisotopic (exact) mass is 450 g/mol. The van der Waals surface area contributed by atoms with Gasteiger partial charge in [0.25, 0.3) is 11.8 Å². The summed E-state index contributed by atoms with van der Waals surface area (Å²) in [7, 11) is 0. The molecule has 2 amide bonds. The van der Waals surface area contributed by atoms with Crippen LogP contribution in [0.3, 0.4) is 0 Å². The summed E-state index contributed by atoms with van der Waals surface area (Å²) in [6, 6.07) is 13.0. The third kappa shape index (κ3) is 9.16. The molecule has 0 aliphatic rings. The van der Waals surface area contributed by atoms with Crippen molar-refractivity contribution in [3.05, 3.63) is 70.8 Å². The number of amides is 2. The lowest BCUT2D eigenvalue weighted by atomic mass is 10.1. The van der Waals surface area contributed by atoms with Crippen molar-refractivity contribution in [2.24, 2.45) is 5.73 Å². The molecule has 8 heteroatoms. The van der Waals surface area contributed by atoms with Gasteiger partial charge in [0.15, 0.2) is 0 Å². The highest BCUT2D eigenvalue weighted by Crippen LogP contribution is 2.05. The number of carbonyl (C=O) groups excluding carboxylic acids is 2. The molecule has 0 aliphatic heterocycles. The smallest absolute Gasteiger partial charge is 0.268 e. The maximum Gasteiger partial charge on any atom is 0.268 e. The normalized spacial score (nSPS) is 11.4. The van der Waals surface area contributed by atoms with Gasteiger partial charge in [-0.3, -0.25) is 14.8 Å². The van der Waals surface area contributed by atoms with Crippen molar-refractivity contribution < 1.29 is 19.9 Å². The van der Waals surface area contributed by atoms with Crippen molar-refractivity contribution in [1.82, 2.24) is 16.1 Å². The van der Waals surface area contributed by atoms with Gasteiger partial charge in [0, 0.05) is 36.3 Å². The minimum atomic E-state index is -1.28. The molecule has 0 bridgehead atoms. The van der Waals surface area contributed by atoms with Crippen LogP contribution in [0.15, 0.2) is 48.5 Å². The predicted molar refractivity (Wildman–Crippen MR) is 127 cm³/mol. The molecule has 7 N–H and O–H groups in total. The Morgan fingerprint density at radius 3 is 2.03 bits per heavy atom. The first-order valence-electron chi connectivity index (χ1n) is 9.99. The molecule has 0 fully saturated rings. The number of hydrogen-bond acceptors (Lipinski definition) is 6. The zero-order valence-corrected chi connectivity index (χ0v) is 17.7. The molecule has 0 unspecified atom stereocenters. The third-order valence-electron chi connectivity index (χ3n) is 4.39. The number of nitrogens with two attached hydrogens (primary N) is 1. The fourth-order valence-electron chi connectivity index (χ4n) is 2.65. The first kappa shape index (κ1) is 27.4. The Labute approximate surface area is 194 Å². The number of hydrogen-bond donors (Lipinski definition) is 6. The Kier molecular flexibility index (Phi) is 12.0. The molecule has 174 valence electrons. The number of nitrogens with one attached hydrogen (secondary N) is 3. The van der Waals surface area contributed by atoms with Crippen LogP contribution in [0.1, 0.15) is 41.4 Å². The van der Waals surface area contributed by atoms with Crippen LogP contribution in [0.5, 0.6) is 0 Å². The van der Waals surface area contributed by atoms with Gasteiger partial charge in [0.1, 0.15) is 6.04 Å². The van der Waals surface area contributed by atoms with Crippen LogP contribution in [-0.2, 0) is 11.3 Å². The summed E-state index contributed by atoms with van der Waals surface area (Å²) < 4.78 is 0. The van der Waals surface area contributed by atoms with Crippen LogP contribution >= 0.6 is 0 Å². The van der Waals surface area contributed by atoms with E-state index in [0.29, 0.717) is 12.1 Å². The molecule has 0 aromatic heterocycles. The molecule has 2 atom stereocenters. The quantitative estimate of drug-likeness (QED) is 0.152. The molecular formula is C25H30N4O4. The van der Waals surface area contributed by atoms with Crippen LogP contribution < -0.4 is 21.8 Å². The Bertz CT molecular complexity index is 1030. The number of rotatable bonds is 8. The van der Waals surface area contributed by atoms with Gasteiger partial charge >= 0.3 is 0 Å². The van der Waals surface area contributed by atoms with Crippen LogP contribution in [0.4, 0.5) is 0 Å². The molecule has 2 aromatic carbocycles. The van der Waals surface area contributed by atoms with Gasteiger partial charge in [-0.05, 0) is 60.7 Å². The van der Waals surface area contributed by atoms with E-state index in [9.17, 15) is 14.7 Å². The van der Waals surface area contributed by atoms with E-state index >= 15 is 0 Å². The van der Waals surface area contributed by atoms with Gasteiger partial charge in [0.2, 0.25) is 0 Å². The molecule has 0 saturated heterocycles. The van der Waals surface area contributed by atoms with E-state index in [1.807, 2.05) is 24.3 Å². The lowest BCUT2D eigenvalue weighted by molar-refractivity contribution is -0.133. The standard InChI is InChI=1S/C24H26N4O4.CH4/c1-17(29)22(24(31)28-32)27-23(30)21-12-10-19(11-13-21)5-3-2-4-18-6-8-20(9-7-18)16-26-15-14-25;/h6-13,17,22,26,29,32H,14-16,25H2,1H3,(H,27,30)(H,28,31);1H4/t17-,22+;/m1./s1. The zero-order valence-electron chi connectivity index (χ0n) is 17.7. The molecule has 2 aromatic rings. The highest BCUT2D eigenvalue weighted by Gasteiger charge is 2.25. The Balaban J connectivity index is 0.00000544. The second-order valence-electron chi connectivity index (χ2n) is 6.91. The van der Waals surface area contributed by atoms with E-state index in [2.05, 4.69) is 34.3 Å². The molecule has 8 nitrogen and oxygen atoms in total. The molecule has 0 aliphatic carbocycles. The number of aliphatic hydroxyl groups is 1. The summed E-state index contributed by atoms with van der Waals surface area (Å²) in [5.74, 6) is 9.97. The van der Waals surface area contributed by atoms with E-state index in [1.54, 1.807) is 24.3 Å². The van der Waals surface area contributed by atoms with Crippen molar-refractivity contribution in [3.8, 4) is 23.7 Å². The third-order valence-corrected chi connectivity index (χ3v) is 4.39. The molecule has 0 radical (unpaired) electrons. The van der Waals surface area contributed by atoms with E-state index < -0.39 is 24.0 Å². The van der Waals surface area contributed by atoms with E-state index in [0.717, 1.165) is 24.2 Å². The van der Waals surface area contributed by atoms with Crippen molar-refractivity contribution in [2.75, 3.05) is 13.1 Å². The van der Waals surface area contributed by atoms with E-state index in [1.165, 1.54) is 12.4 Å². The van der Waals surface area contributed by atoms with Gasteiger partial charge in [-0.2, -0.15) is 0 Å². The van der Waals surface area contributed by atoms with Gasteiger partial charge < -0.3 is 21.5 Å². The molecule has 33 heavy (non-hydrogen) atoms. The van der Waals surface area contributed by atoms with Crippen LogP contribution in [0, 0.1) is 23.7 Å². The topological polar surface area (TPSA) is 137 Å². The number of hydroxylamine groups is 1. The van der Waals surface area contributed by atoms with Crippen molar-refractivity contribution in [2.45, 2.75) is 33.0 Å². The maximum absolute atomic E-state index is 12.3. The van der Waals surface area contributed by atoms with Crippen LogP contribution in [0.2, 0.25) is 0 Å². The Morgan fingerprint density at radius 2 is 1.55 bits per heavy atom. The van der Waals surface area contributed by atoms with Gasteiger partial charge in [-0.1, -0.05) is 31.4 Å². The highest BCUT2D eigenvalue weighted by molar-refractivity contribution is 5.97. The van der Waals surface area contributed by atoms with Crippen LogP contribution in [-0.4, -0.2) is 47.4 Å². The van der Waals surface area contributed by atoms with Crippen molar-refractivity contribution in [1.29, 1.82) is 0 Å². The Hall–Kier alpha value is -3.66.